The third kappa shape index (κ3) is 3.38. The first-order valence-electron chi connectivity index (χ1n) is 5.50. The maximum atomic E-state index is 12.2. The zero-order valence-corrected chi connectivity index (χ0v) is 13.9. The van der Waals surface area contributed by atoms with Crippen LogP contribution in [0.15, 0.2) is 45.3 Å². The summed E-state index contributed by atoms with van der Waals surface area (Å²) in [6.45, 7) is 1.96. The van der Waals surface area contributed by atoms with Crippen molar-refractivity contribution in [3.63, 3.8) is 0 Å². The van der Waals surface area contributed by atoms with E-state index in [1.165, 1.54) is 0 Å². The second kappa shape index (κ2) is 6.07. The van der Waals surface area contributed by atoms with E-state index < -0.39 is 0 Å². The van der Waals surface area contributed by atoms with Gasteiger partial charge >= 0.3 is 0 Å². The molecule has 0 atom stereocenters. The third-order valence-electron chi connectivity index (χ3n) is 2.61. The number of benzene rings is 2. The number of anilines is 1. The Balaban J connectivity index is 2.31. The molecule has 5 heteroatoms. The van der Waals surface area contributed by atoms with E-state index in [4.69, 9.17) is 11.6 Å². The van der Waals surface area contributed by atoms with E-state index in [2.05, 4.69) is 37.2 Å². The van der Waals surface area contributed by atoms with Gasteiger partial charge in [-0.1, -0.05) is 39.7 Å². The number of rotatable bonds is 2. The molecule has 0 heterocycles. The summed E-state index contributed by atoms with van der Waals surface area (Å²) in [7, 11) is 0. The minimum absolute atomic E-state index is 0.238. The molecule has 98 valence electrons. The maximum Gasteiger partial charge on any atom is 0.257 e. The Morgan fingerprint density at radius 3 is 2.68 bits per heavy atom. The van der Waals surface area contributed by atoms with Crippen LogP contribution in [0.5, 0.6) is 0 Å². The van der Waals surface area contributed by atoms with Crippen LogP contribution >= 0.6 is 43.5 Å². The number of amides is 1. The molecule has 0 saturated carbocycles. The molecule has 0 fully saturated rings. The Hall–Kier alpha value is -0.840. The monoisotopic (exact) mass is 401 g/mol. The molecule has 2 aromatic rings. The molecule has 2 rings (SSSR count). The molecule has 0 aliphatic rings. The van der Waals surface area contributed by atoms with Crippen LogP contribution in [0, 0.1) is 6.92 Å². The first kappa shape index (κ1) is 14.6. The summed E-state index contributed by atoms with van der Waals surface area (Å²) < 4.78 is 1.68. The predicted octanol–water partition coefficient (Wildman–Crippen LogP) is 5.43. The molecule has 0 radical (unpaired) electrons. The van der Waals surface area contributed by atoms with Crippen LogP contribution in [0.1, 0.15) is 15.9 Å². The molecule has 2 nitrogen and oxygen atoms in total. The lowest BCUT2D eigenvalue weighted by Gasteiger charge is -2.10. The quantitative estimate of drug-likeness (QED) is 0.712. The van der Waals surface area contributed by atoms with Crippen LogP contribution in [0.2, 0.25) is 5.02 Å². The first-order chi connectivity index (χ1) is 8.99. The number of hydrogen-bond acceptors (Lipinski definition) is 1. The Kier molecular flexibility index (Phi) is 4.66. The number of aryl methyl sites for hydroxylation is 1. The Labute approximate surface area is 133 Å². The van der Waals surface area contributed by atoms with Gasteiger partial charge in [0.2, 0.25) is 0 Å². The normalized spacial score (nSPS) is 10.3. The largest absolute Gasteiger partial charge is 0.321 e. The van der Waals surface area contributed by atoms with Crippen molar-refractivity contribution < 1.29 is 4.79 Å². The zero-order chi connectivity index (χ0) is 14.0. The summed E-state index contributed by atoms with van der Waals surface area (Å²) in [4.78, 5) is 12.2. The van der Waals surface area contributed by atoms with Gasteiger partial charge in [-0.3, -0.25) is 4.79 Å². The van der Waals surface area contributed by atoms with Gasteiger partial charge in [-0.25, -0.2) is 0 Å². The van der Waals surface area contributed by atoms with Crippen molar-refractivity contribution in [2.45, 2.75) is 6.92 Å². The summed E-state index contributed by atoms with van der Waals surface area (Å²) in [5.41, 5.74) is 2.21. The molecule has 0 spiro atoms. The lowest BCUT2D eigenvalue weighted by Crippen LogP contribution is -2.13. The zero-order valence-electron chi connectivity index (χ0n) is 10.0. The van der Waals surface area contributed by atoms with Gasteiger partial charge in [0.25, 0.3) is 5.91 Å². The number of hydrogen-bond donors (Lipinski definition) is 1. The Bertz CT molecular complexity index is 643. The van der Waals surface area contributed by atoms with Gasteiger partial charge in [-0.05, 0) is 52.7 Å². The number of carbonyl (C=O) groups excluding carboxylic acids is 1. The lowest BCUT2D eigenvalue weighted by molar-refractivity contribution is 0.102. The number of carbonyl (C=O) groups is 1. The van der Waals surface area contributed by atoms with Crippen LogP contribution in [0.4, 0.5) is 5.69 Å². The maximum absolute atomic E-state index is 12.2. The average Bonchev–Trinajstić information content (AvgIpc) is 2.38. The van der Waals surface area contributed by atoms with Crippen molar-refractivity contribution >= 4 is 55.1 Å². The molecule has 1 N–H and O–H groups in total. The van der Waals surface area contributed by atoms with E-state index >= 15 is 0 Å². The second-order valence-corrected chi connectivity index (χ2v) is 6.13. The summed E-state index contributed by atoms with van der Waals surface area (Å²) in [5.74, 6) is -0.238. The van der Waals surface area contributed by atoms with Crippen LogP contribution in [0.25, 0.3) is 0 Å². The topological polar surface area (TPSA) is 29.1 Å². The van der Waals surface area contributed by atoms with Gasteiger partial charge in [0.05, 0.1) is 16.3 Å². The van der Waals surface area contributed by atoms with Gasteiger partial charge in [-0.2, -0.15) is 0 Å². The van der Waals surface area contributed by atoms with Crippen LogP contribution < -0.4 is 5.32 Å². The molecular weight excluding hydrogens is 393 g/mol. The van der Waals surface area contributed by atoms with E-state index in [1.807, 2.05) is 25.1 Å². The minimum atomic E-state index is -0.238. The van der Waals surface area contributed by atoms with Gasteiger partial charge in [0.1, 0.15) is 0 Å². The summed E-state index contributed by atoms with van der Waals surface area (Å²) in [6, 6.07) is 10.9. The second-order valence-electron chi connectivity index (χ2n) is 4.01. The van der Waals surface area contributed by atoms with Gasteiger partial charge < -0.3 is 5.32 Å². The van der Waals surface area contributed by atoms with Crippen molar-refractivity contribution in [2.24, 2.45) is 0 Å². The molecule has 0 bridgehead atoms. The molecule has 0 aliphatic carbocycles. The smallest absolute Gasteiger partial charge is 0.257 e. The first-order valence-corrected chi connectivity index (χ1v) is 7.47. The Morgan fingerprint density at radius 2 is 1.95 bits per heavy atom. The van der Waals surface area contributed by atoms with Gasteiger partial charge in [0.15, 0.2) is 0 Å². The fourth-order valence-electron chi connectivity index (χ4n) is 1.61. The molecule has 0 aromatic heterocycles. The third-order valence-corrected chi connectivity index (χ3v) is 4.49. The summed E-state index contributed by atoms with van der Waals surface area (Å²) in [6.07, 6.45) is 0. The molecular formula is C14H10Br2ClNO. The lowest BCUT2D eigenvalue weighted by atomic mass is 10.2. The van der Waals surface area contributed by atoms with Crippen LogP contribution in [-0.4, -0.2) is 5.91 Å². The standard InChI is InChI=1S/C14H10Br2ClNO/c1-8-3-2-4-12(13(8)16)18-14(19)10-7-9(15)5-6-11(10)17/h2-7H,1H3,(H,18,19). The van der Waals surface area contributed by atoms with Crippen LogP contribution in [-0.2, 0) is 0 Å². The molecule has 1 amide bonds. The van der Waals surface area contributed by atoms with Crippen molar-refractivity contribution in [2.75, 3.05) is 5.32 Å². The van der Waals surface area contributed by atoms with Crippen molar-refractivity contribution in [1.29, 1.82) is 0 Å². The molecule has 0 aliphatic heterocycles. The number of nitrogens with one attached hydrogen (secondary N) is 1. The summed E-state index contributed by atoms with van der Waals surface area (Å²) >= 11 is 12.8. The highest BCUT2D eigenvalue weighted by Crippen LogP contribution is 2.27. The molecule has 19 heavy (non-hydrogen) atoms. The Morgan fingerprint density at radius 1 is 1.21 bits per heavy atom. The molecule has 0 unspecified atom stereocenters. The molecule has 0 saturated heterocycles. The average molecular weight is 404 g/mol. The van der Waals surface area contributed by atoms with E-state index in [0.29, 0.717) is 10.6 Å². The molecule has 2 aromatic carbocycles. The SMILES string of the molecule is Cc1cccc(NC(=O)c2cc(Br)ccc2Cl)c1Br. The fraction of sp³-hybridized carbons (Fsp3) is 0.0714. The minimum Gasteiger partial charge on any atom is -0.321 e. The van der Waals surface area contributed by atoms with Gasteiger partial charge in [0, 0.05) is 8.95 Å². The highest BCUT2D eigenvalue weighted by Gasteiger charge is 2.13. The van der Waals surface area contributed by atoms with Crippen LogP contribution in [0.3, 0.4) is 0 Å². The van der Waals surface area contributed by atoms with Crippen molar-refractivity contribution in [3.8, 4) is 0 Å². The predicted molar refractivity (Wildman–Crippen MR) is 86.0 cm³/mol. The highest BCUT2D eigenvalue weighted by atomic mass is 79.9. The van der Waals surface area contributed by atoms with E-state index in [-0.39, 0.29) is 5.91 Å². The van der Waals surface area contributed by atoms with E-state index in [9.17, 15) is 4.79 Å². The highest BCUT2D eigenvalue weighted by molar-refractivity contribution is 9.11. The van der Waals surface area contributed by atoms with Gasteiger partial charge in [-0.15, -0.1) is 0 Å². The van der Waals surface area contributed by atoms with E-state index in [1.54, 1.807) is 18.2 Å². The van der Waals surface area contributed by atoms with Crippen molar-refractivity contribution in [1.82, 2.24) is 0 Å². The fourth-order valence-corrected chi connectivity index (χ4v) is 2.53. The van der Waals surface area contributed by atoms with E-state index in [0.717, 1.165) is 20.2 Å². The van der Waals surface area contributed by atoms with Crippen molar-refractivity contribution in [3.05, 3.63) is 61.5 Å². The summed E-state index contributed by atoms with van der Waals surface area (Å²) in [5, 5.41) is 3.27. The number of halogens is 3.